The van der Waals surface area contributed by atoms with E-state index in [1.54, 1.807) is 0 Å². The van der Waals surface area contributed by atoms with Gasteiger partial charge in [0.2, 0.25) is 5.91 Å². The van der Waals surface area contributed by atoms with Crippen LogP contribution in [-0.2, 0) is 41.6 Å². The maximum atomic E-state index is 12.7. The van der Waals surface area contributed by atoms with Crippen molar-refractivity contribution in [1.82, 2.24) is 14.9 Å². The SMILES string of the molecule is CC(=O)N[C@H]1[C@H]([C@H](O)[C@H](O)CO)O[C@@](OP(=O)(O)OP(=O)(O)OC[C@H]2O[C@@H](n3ccc(N)nc3=O)[C@H](O)[C@@H]2O)(C(=O)O)C[C@@H]1O. The van der Waals surface area contributed by atoms with Crippen LogP contribution in [0.25, 0.3) is 0 Å². The third-order valence-electron chi connectivity index (χ3n) is 6.52. The standard InChI is InChI=1S/C20H32N4O19P2/c1-7(26)22-12-8(27)4-20(18(32)33,41-16(12)13(29)9(28)5-25)42-45(37,38)43-44(35,36)39-6-10-14(30)15(31)17(40-10)24-3-2-11(21)23-19(24)34/h2-3,8-10,12-17,25,27-31H,4-6H2,1H3,(H,22,26)(H,32,33)(H,35,36)(H,37,38)(H2,21,23,34)/t8-,9+,10+,12+,13+,14+,15+,16+,17+,20-/m0/s1. The van der Waals surface area contributed by atoms with E-state index in [1.165, 1.54) is 6.07 Å². The highest BCUT2D eigenvalue weighted by atomic mass is 31.3. The lowest BCUT2D eigenvalue weighted by molar-refractivity contribution is -0.288. The van der Waals surface area contributed by atoms with E-state index < -0.39 is 114 Å². The Balaban J connectivity index is 1.75. The fourth-order valence-corrected chi connectivity index (χ4v) is 6.73. The number of aliphatic hydroxyl groups excluding tert-OH is 6. The molecule has 0 aromatic carbocycles. The smallest absolute Gasteiger partial charge is 0.477 e. The molecule has 0 radical (unpaired) electrons. The van der Waals surface area contributed by atoms with Crippen molar-refractivity contribution in [3.05, 3.63) is 22.7 Å². The summed E-state index contributed by atoms with van der Waals surface area (Å²) in [6.45, 7) is -1.29. The van der Waals surface area contributed by atoms with E-state index in [4.69, 9.17) is 15.2 Å². The molecule has 25 heteroatoms. The molecule has 3 rings (SSSR count). The number of nitrogens with two attached hydrogens (primary N) is 1. The minimum atomic E-state index is -6.08. The average molecular weight is 694 g/mol. The number of carbonyl (C=O) groups excluding carboxylic acids is 1. The normalized spacial score (nSPS) is 34.3. The molecule has 2 unspecified atom stereocenters. The lowest BCUT2D eigenvalue weighted by Crippen LogP contribution is -2.67. The number of ether oxygens (including phenoxy) is 2. The summed E-state index contributed by atoms with van der Waals surface area (Å²) in [4.78, 5) is 59.5. The molecule has 2 aliphatic heterocycles. The van der Waals surface area contributed by atoms with Crippen LogP contribution in [0, 0.1) is 0 Å². The van der Waals surface area contributed by atoms with Crippen LogP contribution < -0.4 is 16.7 Å². The van der Waals surface area contributed by atoms with E-state index in [9.17, 15) is 69.0 Å². The van der Waals surface area contributed by atoms with Crippen LogP contribution in [0.5, 0.6) is 0 Å². The zero-order valence-corrected chi connectivity index (χ0v) is 24.7. The van der Waals surface area contributed by atoms with Crippen LogP contribution in [0.15, 0.2) is 17.1 Å². The quantitative estimate of drug-likeness (QED) is 0.0859. The molecule has 0 saturated carbocycles. The number of phosphoric ester groups is 2. The Labute approximate surface area is 251 Å². The van der Waals surface area contributed by atoms with Gasteiger partial charge in [0.1, 0.15) is 42.4 Å². The van der Waals surface area contributed by atoms with Gasteiger partial charge in [0.05, 0.1) is 25.4 Å². The Morgan fingerprint density at radius 3 is 2.42 bits per heavy atom. The summed E-state index contributed by atoms with van der Waals surface area (Å²) in [6.07, 6.45) is -15.6. The van der Waals surface area contributed by atoms with Gasteiger partial charge in [-0.15, -0.1) is 0 Å². The van der Waals surface area contributed by atoms with Crippen LogP contribution in [0.1, 0.15) is 19.6 Å². The number of aliphatic carboxylic acids is 1. The molecule has 1 aromatic heterocycles. The number of hydrogen-bond acceptors (Lipinski definition) is 18. The number of carboxylic acid groups (broad SMARTS) is 1. The van der Waals surface area contributed by atoms with E-state index in [0.717, 1.165) is 17.7 Å². The highest BCUT2D eigenvalue weighted by molar-refractivity contribution is 7.61. The number of aliphatic hydroxyl groups is 6. The van der Waals surface area contributed by atoms with Crippen molar-refractivity contribution in [2.75, 3.05) is 18.9 Å². The van der Waals surface area contributed by atoms with Crippen LogP contribution in [-0.4, -0.2) is 135 Å². The van der Waals surface area contributed by atoms with Crippen molar-refractivity contribution in [2.45, 2.75) is 74.1 Å². The van der Waals surface area contributed by atoms with Gasteiger partial charge in [0.15, 0.2) is 6.23 Å². The van der Waals surface area contributed by atoms with Crippen molar-refractivity contribution in [3.63, 3.8) is 0 Å². The number of nitrogens with zero attached hydrogens (tertiary/aromatic N) is 2. The maximum Gasteiger partial charge on any atom is 0.484 e. The van der Waals surface area contributed by atoms with Crippen molar-refractivity contribution < 1.29 is 87.1 Å². The first-order chi connectivity index (χ1) is 20.7. The molecular weight excluding hydrogens is 662 g/mol. The van der Waals surface area contributed by atoms with Gasteiger partial charge in [-0.2, -0.15) is 9.29 Å². The first kappa shape index (κ1) is 37.0. The highest BCUT2D eigenvalue weighted by Crippen LogP contribution is 2.63. The highest BCUT2D eigenvalue weighted by Gasteiger charge is 2.59. The molecule has 12 N–H and O–H groups in total. The molecule has 0 bridgehead atoms. The molecule has 23 nitrogen and oxygen atoms in total. The van der Waals surface area contributed by atoms with E-state index in [-0.39, 0.29) is 5.82 Å². The molecule has 1 amide bonds. The number of amides is 1. The van der Waals surface area contributed by atoms with E-state index in [1.807, 2.05) is 0 Å². The number of anilines is 1. The Hall–Kier alpha value is -2.44. The Morgan fingerprint density at radius 2 is 1.87 bits per heavy atom. The van der Waals surface area contributed by atoms with Gasteiger partial charge in [0, 0.05) is 19.5 Å². The second kappa shape index (κ2) is 14.1. The van der Waals surface area contributed by atoms with Crippen molar-refractivity contribution in [2.24, 2.45) is 0 Å². The van der Waals surface area contributed by atoms with E-state index in [0.29, 0.717) is 0 Å². The molecule has 2 fully saturated rings. The van der Waals surface area contributed by atoms with Crippen molar-refractivity contribution in [1.29, 1.82) is 0 Å². The number of phosphoric acid groups is 2. The lowest BCUT2D eigenvalue weighted by atomic mass is 9.88. The first-order valence-electron chi connectivity index (χ1n) is 12.6. The molecule has 0 aliphatic carbocycles. The number of carbonyl (C=O) groups is 2. The fourth-order valence-electron chi connectivity index (χ4n) is 4.46. The summed E-state index contributed by atoms with van der Waals surface area (Å²) in [5.74, 6) is -6.69. The zero-order chi connectivity index (χ0) is 34.1. The van der Waals surface area contributed by atoms with Gasteiger partial charge in [-0.3, -0.25) is 13.9 Å². The predicted octanol–water partition coefficient (Wildman–Crippen LogP) is -5.16. The molecular formula is C20H32N4O19P2. The number of hydrogen-bond donors (Lipinski definition) is 11. The van der Waals surface area contributed by atoms with Gasteiger partial charge in [-0.25, -0.2) is 23.2 Å². The molecule has 3 heterocycles. The van der Waals surface area contributed by atoms with Crippen LogP contribution >= 0.6 is 15.6 Å². The topological polar surface area (TPSA) is 369 Å². The molecule has 0 spiro atoms. The Bertz CT molecular complexity index is 1400. The Morgan fingerprint density at radius 1 is 1.22 bits per heavy atom. The Kier molecular flexibility index (Phi) is 11.6. The number of rotatable bonds is 13. The monoisotopic (exact) mass is 694 g/mol. The number of nitrogen functional groups attached to an aromatic ring is 1. The molecule has 2 aliphatic rings. The van der Waals surface area contributed by atoms with Crippen molar-refractivity contribution in [3.8, 4) is 0 Å². The summed E-state index contributed by atoms with van der Waals surface area (Å²) in [5.41, 5.74) is 4.40. The molecule has 256 valence electrons. The molecule has 2 saturated heterocycles. The summed E-state index contributed by atoms with van der Waals surface area (Å²) >= 11 is 0. The summed E-state index contributed by atoms with van der Waals surface area (Å²) in [5, 5.41) is 72.4. The number of aromatic nitrogens is 2. The minimum absolute atomic E-state index is 0.169. The van der Waals surface area contributed by atoms with Gasteiger partial charge >= 0.3 is 27.3 Å². The fraction of sp³-hybridized carbons (Fsp3) is 0.700. The summed E-state index contributed by atoms with van der Waals surface area (Å²) in [6, 6.07) is -0.503. The molecule has 1 aromatic rings. The summed E-state index contributed by atoms with van der Waals surface area (Å²) in [7, 11) is -11.8. The lowest BCUT2D eigenvalue weighted by Gasteiger charge is -2.46. The second-order valence-corrected chi connectivity index (χ2v) is 12.8. The third kappa shape index (κ3) is 8.68. The van der Waals surface area contributed by atoms with Gasteiger partial charge in [-0.05, 0) is 6.07 Å². The van der Waals surface area contributed by atoms with Gasteiger partial charge in [-0.1, -0.05) is 0 Å². The van der Waals surface area contributed by atoms with E-state index in [2.05, 4.69) is 23.7 Å². The summed E-state index contributed by atoms with van der Waals surface area (Å²) < 4.78 is 49.6. The zero-order valence-electron chi connectivity index (χ0n) is 22.9. The average Bonchev–Trinajstić information content (AvgIpc) is 3.19. The second-order valence-electron chi connectivity index (χ2n) is 9.87. The van der Waals surface area contributed by atoms with Crippen LogP contribution in [0.4, 0.5) is 5.82 Å². The molecule has 45 heavy (non-hydrogen) atoms. The third-order valence-corrected chi connectivity index (χ3v) is 9.17. The van der Waals surface area contributed by atoms with Crippen LogP contribution in [0.2, 0.25) is 0 Å². The number of nitrogens with one attached hydrogen (secondary N) is 1. The van der Waals surface area contributed by atoms with Crippen molar-refractivity contribution >= 4 is 33.3 Å². The van der Waals surface area contributed by atoms with E-state index >= 15 is 0 Å². The molecule has 12 atom stereocenters. The number of carboxylic acids is 1. The van der Waals surface area contributed by atoms with Gasteiger partial charge in [0.25, 0.3) is 5.79 Å². The predicted molar refractivity (Wildman–Crippen MR) is 139 cm³/mol. The largest absolute Gasteiger partial charge is 0.484 e. The first-order valence-corrected chi connectivity index (χ1v) is 15.6. The minimum Gasteiger partial charge on any atom is -0.477 e. The van der Waals surface area contributed by atoms with Crippen LogP contribution in [0.3, 0.4) is 0 Å². The maximum absolute atomic E-state index is 12.7. The van der Waals surface area contributed by atoms with Gasteiger partial charge < -0.3 is 66.1 Å².